The number of hydrogen-bond acceptors (Lipinski definition) is 9. The van der Waals surface area contributed by atoms with Gasteiger partial charge in [0, 0.05) is 35.7 Å². The topological polar surface area (TPSA) is 149 Å². The maximum atomic E-state index is 14.2. The van der Waals surface area contributed by atoms with Crippen LogP contribution >= 0.6 is 0 Å². The molecule has 0 spiro atoms. The fourth-order valence-corrected chi connectivity index (χ4v) is 4.40. The van der Waals surface area contributed by atoms with Crippen molar-refractivity contribution in [2.75, 3.05) is 31.0 Å². The summed E-state index contributed by atoms with van der Waals surface area (Å²) in [6, 6.07) is 11.5. The van der Waals surface area contributed by atoms with E-state index < -0.39 is 35.3 Å². The van der Waals surface area contributed by atoms with Crippen molar-refractivity contribution < 1.29 is 37.9 Å². The Labute approximate surface area is 257 Å². The zero-order valence-electron chi connectivity index (χ0n) is 26.2. The lowest BCUT2D eigenvalue weighted by molar-refractivity contribution is -0.128. The Balaban J connectivity index is 2.11. The number of para-hydroxylation sites is 1. The first-order valence-electron chi connectivity index (χ1n) is 14.3. The van der Waals surface area contributed by atoms with Crippen LogP contribution in [-0.4, -0.2) is 55.2 Å². The standard InChI is InChI=1S/C32H40N4O8/c1-8-32(4,5)34-30(39)28(23-11-10-12-24(41-6)29(23)42-7)36(22-15-13-21(14-16-22)31(40)43-9-2)27(38)18-17-26(37)33-25-19-20(3)44-35-25/h10-16,19,28H,8-9,17-18H2,1-7H3,(H,34,39)(H,33,35,37)/t28-/m0/s1. The van der Waals surface area contributed by atoms with Gasteiger partial charge in [0.2, 0.25) is 17.7 Å². The molecule has 2 N–H and O–H groups in total. The van der Waals surface area contributed by atoms with Gasteiger partial charge in [-0.25, -0.2) is 4.79 Å². The number of aryl methyl sites for hydroxylation is 1. The third kappa shape index (κ3) is 8.36. The van der Waals surface area contributed by atoms with Crippen molar-refractivity contribution in [1.82, 2.24) is 10.5 Å². The zero-order chi connectivity index (χ0) is 32.4. The van der Waals surface area contributed by atoms with E-state index in [0.717, 1.165) is 0 Å². The molecule has 2 aromatic carbocycles. The van der Waals surface area contributed by atoms with Gasteiger partial charge in [0.15, 0.2) is 17.3 Å². The summed E-state index contributed by atoms with van der Waals surface area (Å²) in [7, 11) is 2.92. The normalized spacial score (nSPS) is 11.7. The minimum atomic E-state index is -1.24. The van der Waals surface area contributed by atoms with Crippen molar-refractivity contribution in [3.8, 4) is 11.5 Å². The van der Waals surface area contributed by atoms with Crippen LogP contribution in [0.3, 0.4) is 0 Å². The molecule has 0 radical (unpaired) electrons. The molecule has 0 aliphatic heterocycles. The molecular formula is C32H40N4O8. The van der Waals surface area contributed by atoms with Crippen molar-refractivity contribution in [1.29, 1.82) is 0 Å². The lowest BCUT2D eigenvalue weighted by Crippen LogP contribution is -2.50. The first-order valence-corrected chi connectivity index (χ1v) is 14.3. The van der Waals surface area contributed by atoms with Crippen LogP contribution < -0.4 is 25.0 Å². The minimum absolute atomic E-state index is 0.201. The summed E-state index contributed by atoms with van der Waals surface area (Å²) in [5, 5.41) is 9.40. The highest BCUT2D eigenvalue weighted by molar-refractivity contribution is 6.04. The van der Waals surface area contributed by atoms with Gasteiger partial charge in [0.1, 0.15) is 11.8 Å². The van der Waals surface area contributed by atoms with E-state index in [9.17, 15) is 19.2 Å². The smallest absolute Gasteiger partial charge is 0.338 e. The second kappa shape index (κ2) is 15.0. The Hall–Kier alpha value is -4.87. The molecular weight excluding hydrogens is 568 g/mol. The van der Waals surface area contributed by atoms with E-state index in [0.29, 0.717) is 29.2 Å². The van der Waals surface area contributed by atoms with Crippen molar-refractivity contribution >= 4 is 35.2 Å². The quantitative estimate of drug-likeness (QED) is 0.242. The average molecular weight is 609 g/mol. The van der Waals surface area contributed by atoms with Crippen molar-refractivity contribution in [3.63, 3.8) is 0 Å². The van der Waals surface area contributed by atoms with E-state index in [-0.39, 0.29) is 36.6 Å². The fraction of sp³-hybridized carbons (Fsp3) is 0.406. The number of carbonyl (C=O) groups is 4. The molecule has 1 heterocycles. The zero-order valence-corrected chi connectivity index (χ0v) is 26.2. The number of carbonyl (C=O) groups excluding carboxylic acids is 4. The molecule has 0 fully saturated rings. The number of benzene rings is 2. The van der Waals surface area contributed by atoms with Gasteiger partial charge >= 0.3 is 5.97 Å². The number of esters is 1. The third-order valence-corrected chi connectivity index (χ3v) is 6.97. The largest absolute Gasteiger partial charge is 0.493 e. The van der Waals surface area contributed by atoms with Gasteiger partial charge in [-0.1, -0.05) is 24.2 Å². The van der Waals surface area contributed by atoms with Crippen molar-refractivity contribution in [2.24, 2.45) is 0 Å². The molecule has 44 heavy (non-hydrogen) atoms. The number of ether oxygens (including phenoxy) is 3. The number of aromatic nitrogens is 1. The first kappa shape index (κ1) is 33.6. The monoisotopic (exact) mass is 608 g/mol. The number of nitrogens with one attached hydrogen (secondary N) is 2. The van der Waals surface area contributed by atoms with E-state index in [4.69, 9.17) is 18.7 Å². The van der Waals surface area contributed by atoms with Crippen LogP contribution in [0, 0.1) is 6.92 Å². The SMILES string of the molecule is CCOC(=O)c1ccc(N(C(=O)CCC(=O)Nc2cc(C)on2)[C@H](C(=O)NC(C)(C)CC)c2cccc(OC)c2OC)cc1. The molecule has 12 nitrogen and oxygen atoms in total. The summed E-state index contributed by atoms with van der Waals surface area (Å²) in [4.78, 5) is 54.6. The van der Waals surface area contributed by atoms with Gasteiger partial charge in [-0.05, 0) is 64.4 Å². The fourth-order valence-electron chi connectivity index (χ4n) is 4.40. The second-order valence-electron chi connectivity index (χ2n) is 10.6. The Bertz CT molecular complexity index is 1470. The number of rotatable bonds is 14. The molecule has 0 saturated heterocycles. The first-order chi connectivity index (χ1) is 20.9. The van der Waals surface area contributed by atoms with Gasteiger partial charge in [-0.15, -0.1) is 0 Å². The Morgan fingerprint density at radius 2 is 1.70 bits per heavy atom. The van der Waals surface area contributed by atoms with E-state index in [1.165, 1.54) is 31.3 Å². The van der Waals surface area contributed by atoms with Crippen LogP contribution in [0.4, 0.5) is 11.5 Å². The van der Waals surface area contributed by atoms with Gasteiger partial charge in [0.25, 0.3) is 0 Å². The summed E-state index contributed by atoms with van der Waals surface area (Å²) in [5.74, 6) is -0.610. The van der Waals surface area contributed by atoms with Crippen LogP contribution in [0.1, 0.15) is 74.7 Å². The molecule has 0 aliphatic carbocycles. The van der Waals surface area contributed by atoms with Crippen LogP contribution in [0.15, 0.2) is 53.1 Å². The number of amides is 3. The maximum absolute atomic E-state index is 14.2. The van der Waals surface area contributed by atoms with Gasteiger partial charge in [-0.2, -0.15) is 0 Å². The van der Waals surface area contributed by atoms with Crippen LogP contribution in [0.25, 0.3) is 0 Å². The predicted molar refractivity (Wildman–Crippen MR) is 164 cm³/mol. The third-order valence-electron chi connectivity index (χ3n) is 6.97. The summed E-state index contributed by atoms with van der Waals surface area (Å²) in [5.41, 5.74) is 0.341. The molecule has 236 valence electrons. The molecule has 3 aromatic rings. The molecule has 1 atom stereocenters. The van der Waals surface area contributed by atoms with Crippen LogP contribution in [0.5, 0.6) is 11.5 Å². The molecule has 0 bridgehead atoms. The average Bonchev–Trinajstić information content (AvgIpc) is 3.41. The van der Waals surface area contributed by atoms with Gasteiger partial charge < -0.3 is 29.4 Å². The summed E-state index contributed by atoms with van der Waals surface area (Å²) < 4.78 is 21.3. The van der Waals surface area contributed by atoms with Crippen LogP contribution in [0.2, 0.25) is 0 Å². The molecule has 3 rings (SSSR count). The second-order valence-corrected chi connectivity index (χ2v) is 10.6. The highest BCUT2D eigenvalue weighted by atomic mass is 16.5. The van der Waals surface area contributed by atoms with Crippen molar-refractivity contribution in [2.45, 2.75) is 65.5 Å². The lowest BCUT2D eigenvalue weighted by Gasteiger charge is -2.35. The van der Waals surface area contributed by atoms with Gasteiger partial charge in [0.05, 0.1) is 26.4 Å². The highest BCUT2D eigenvalue weighted by Gasteiger charge is 2.37. The number of methoxy groups -OCH3 is 2. The Kier molecular flexibility index (Phi) is 11.5. The number of anilines is 2. The molecule has 0 saturated carbocycles. The van der Waals surface area contributed by atoms with Crippen molar-refractivity contribution in [3.05, 3.63) is 65.4 Å². The highest BCUT2D eigenvalue weighted by Crippen LogP contribution is 2.39. The summed E-state index contributed by atoms with van der Waals surface area (Å²) in [6.45, 7) is 9.28. The number of hydrogen-bond donors (Lipinski definition) is 2. The molecule has 0 aliphatic rings. The Morgan fingerprint density at radius 3 is 2.27 bits per heavy atom. The number of nitrogens with zero attached hydrogens (tertiary/aromatic N) is 2. The molecule has 0 unspecified atom stereocenters. The molecule has 12 heteroatoms. The summed E-state index contributed by atoms with van der Waals surface area (Å²) in [6.07, 6.45) is 0.159. The van der Waals surface area contributed by atoms with E-state index in [1.807, 2.05) is 20.8 Å². The van der Waals surface area contributed by atoms with Gasteiger partial charge in [-0.3, -0.25) is 19.3 Å². The summed E-state index contributed by atoms with van der Waals surface area (Å²) >= 11 is 0. The maximum Gasteiger partial charge on any atom is 0.338 e. The minimum Gasteiger partial charge on any atom is -0.493 e. The molecule has 3 amide bonds. The lowest BCUT2D eigenvalue weighted by atomic mass is 9.97. The van der Waals surface area contributed by atoms with E-state index in [2.05, 4.69) is 15.8 Å². The van der Waals surface area contributed by atoms with E-state index >= 15 is 0 Å². The molecule has 1 aromatic heterocycles. The van der Waals surface area contributed by atoms with Crippen LogP contribution in [-0.2, 0) is 19.1 Å². The predicted octanol–water partition coefficient (Wildman–Crippen LogP) is 4.97. The van der Waals surface area contributed by atoms with E-state index in [1.54, 1.807) is 50.2 Å². The Morgan fingerprint density at radius 1 is 1.00 bits per heavy atom.